The first-order valence-corrected chi connectivity index (χ1v) is 12.3. The van der Waals surface area contributed by atoms with Gasteiger partial charge in [-0.05, 0) is 82.5 Å². The second-order valence-corrected chi connectivity index (χ2v) is 9.71. The molecule has 5 rings (SSSR count). The smallest absolute Gasteiger partial charge is 0.197 e. The Bertz CT molecular complexity index is 1140. The van der Waals surface area contributed by atoms with Gasteiger partial charge in [0.15, 0.2) is 5.43 Å². The van der Waals surface area contributed by atoms with Crippen LogP contribution in [0.3, 0.4) is 0 Å². The van der Waals surface area contributed by atoms with Gasteiger partial charge in [0, 0.05) is 23.4 Å². The number of aliphatic hydroxyl groups is 1. The van der Waals surface area contributed by atoms with Crippen LogP contribution in [-0.2, 0) is 6.54 Å². The maximum Gasteiger partial charge on any atom is 0.197 e. The minimum Gasteiger partial charge on any atom is -0.390 e. The number of β-amino-alcohol motifs (C(OH)–C–C–N with tert-alkyl or cyclic N) is 1. The molecule has 170 valence electrons. The van der Waals surface area contributed by atoms with Crippen molar-refractivity contribution in [3.05, 3.63) is 58.3 Å². The minimum absolute atomic E-state index is 0.0826. The second kappa shape index (κ2) is 9.34. The quantitative estimate of drug-likeness (QED) is 0.622. The average Bonchev–Trinajstić information content (AvgIpc) is 2.83. The molecule has 1 atom stereocenters. The van der Waals surface area contributed by atoms with E-state index in [9.17, 15) is 9.90 Å². The van der Waals surface area contributed by atoms with Gasteiger partial charge in [0.2, 0.25) is 0 Å². The molecule has 2 saturated heterocycles. The van der Waals surface area contributed by atoms with E-state index in [0.717, 1.165) is 46.5 Å². The zero-order valence-electron chi connectivity index (χ0n) is 19.2. The van der Waals surface area contributed by atoms with Crippen LogP contribution < -0.4 is 5.43 Å². The van der Waals surface area contributed by atoms with Gasteiger partial charge in [0.25, 0.3) is 0 Å². The molecule has 3 aromatic rings. The summed E-state index contributed by atoms with van der Waals surface area (Å²) in [7, 11) is 0. The van der Waals surface area contributed by atoms with Gasteiger partial charge in [-0.3, -0.25) is 4.79 Å². The van der Waals surface area contributed by atoms with Crippen molar-refractivity contribution in [2.24, 2.45) is 0 Å². The molecule has 0 spiro atoms. The highest BCUT2D eigenvalue weighted by Gasteiger charge is 2.26. The zero-order chi connectivity index (χ0) is 22.1. The molecule has 0 aliphatic carbocycles. The van der Waals surface area contributed by atoms with Gasteiger partial charge < -0.3 is 19.5 Å². The van der Waals surface area contributed by atoms with E-state index in [4.69, 9.17) is 0 Å². The fourth-order valence-corrected chi connectivity index (χ4v) is 5.85. The number of fused-ring (bicyclic) bond motifs is 2. The third-order valence-corrected chi connectivity index (χ3v) is 7.53. The van der Waals surface area contributed by atoms with Crippen molar-refractivity contribution >= 4 is 21.8 Å². The van der Waals surface area contributed by atoms with Crippen molar-refractivity contribution in [3.8, 4) is 0 Å². The van der Waals surface area contributed by atoms with Crippen molar-refractivity contribution in [1.82, 2.24) is 14.4 Å². The number of benzene rings is 2. The van der Waals surface area contributed by atoms with Crippen LogP contribution in [0.2, 0.25) is 0 Å². The van der Waals surface area contributed by atoms with Crippen LogP contribution in [0.4, 0.5) is 0 Å². The summed E-state index contributed by atoms with van der Waals surface area (Å²) in [5.41, 5.74) is 2.88. The Morgan fingerprint density at radius 3 is 2.41 bits per heavy atom. The molecule has 2 aromatic carbocycles. The highest BCUT2D eigenvalue weighted by atomic mass is 16.3. The van der Waals surface area contributed by atoms with E-state index in [0.29, 0.717) is 13.1 Å². The summed E-state index contributed by atoms with van der Waals surface area (Å²) >= 11 is 0. The molecular weight excluding hydrogens is 398 g/mol. The number of aromatic nitrogens is 1. The largest absolute Gasteiger partial charge is 0.390 e. The summed E-state index contributed by atoms with van der Waals surface area (Å²) in [4.78, 5) is 18.2. The van der Waals surface area contributed by atoms with Gasteiger partial charge in [-0.1, -0.05) is 30.7 Å². The predicted molar refractivity (Wildman–Crippen MR) is 131 cm³/mol. The van der Waals surface area contributed by atoms with Gasteiger partial charge in [0.05, 0.1) is 23.7 Å². The van der Waals surface area contributed by atoms with Gasteiger partial charge in [0.1, 0.15) is 0 Å². The fraction of sp³-hybridized carbons (Fsp3) is 0.519. The van der Waals surface area contributed by atoms with Crippen LogP contribution in [0.15, 0.2) is 47.3 Å². The predicted octanol–water partition coefficient (Wildman–Crippen LogP) is 3.77. The van der Waals surface area contributed by atoms with Gasteiger partial charge in [-0.25, -0.2) is 0 Å². The van der Waals surface area contributed by atoms with E-state index in [1.807, 2.05) is 49.4 Å². The highest BCUT2D eigenvalue weighted by molar-refractivity contribution is 5.95. The minimum atomic E-state index is -0.476. The molecule has 0 amide bonds. The number of aryl methyl sites for hydroxylation is 1. The molecule has 2 aliphatic heterocycles. The maximum absolute atomic E-state index is 13.1. The monoisotopic (exact) mass is 433 g/mol. The highest BCUT2D eigenvalue weighted by Crippen LogP contribution is 2.24. The van der Waals surface area contributed by atoms with Gasteiger partial charge in [-0.15, -0.1) is 0 Å². The lowest BCUT2D eigenvalue weighted by Crippen LogP contribution is -2.48. The Kier molecular flexibility index (Phi) is 6.31. The first-order valence-electron chi connectivity index (χ1n) is 12.3. The molecule has 1 aromatic heterocycles. The molecule has 2 aliphatic rings. The Morgan fingerprint density at radius 2 is 1.62 bits per heavy atom. The van der Waals surface area contributed by atoms with Crippen molar-refractivity contribution in [2.75, 3.05) is 32.7 Å². The Morgan fingerprint density at radius 1 is 0.906 bits per heavy atom. The van der Waals surface area contributed by atoms with E-state index in [2.05, 4.69) is 14.4 Å². The molecule has 0 bridgehead atoms. The normalized spacial score (nSPS) is 20.2. The molecule has 2 fully saturated rings. The summed E-state index contributed by atoms with van der Waals surface area (Å²) in [5.74, 6) is 0. The van der Waals surface area contributed by atoms with Crippen molar-refractivity contribution < 1.29 is 5.11 Å². The molecule has 0 saturated carbocycles. The molecule has 3 heterocycles. The third-order valence-electron chi connectivity index (χ3n) is 7.53. The molecular formula is C27H35N3O2. The van der Waals surface area contributed by atoms with E-state index in [-0.39, 0.29) is 5.43 Å². The third kappa shape index (κ3) is 4.21. The lowest BCUT2D eigenvalue weighted by molar-refractivity contribution is 0.0553. The number of hydrogen-bond acceptors (Lipinski definition) is 4. The van der Waals surface area contributed by atoms with Crippen LogP contribution in [0.5, 0.6) is 0 Å². The van der Waals surface area contributed by atoms with E-state index in [1.165, 1.54) is 45.2 Å². The average molecular weight is 434 g/mol. The standard InChI is InChI=1S/C27H35N3O2/c1-20-8-7-11-25-26(20)27(32)23-9-3-4-10-24(23)30(25)19-22(31)18-28-16-12-21(13-17-28)29-14-5-2-6-15-29/h3-4,7-11,21-22,31H,2,5-6,12-19H2,1H3. The number of rotatable bonds is 5. The van der Waals surface area contributed by atoms with Crippen LogP contribution in [0.1, 0.15) is 37.7 Å². The molecule has 32 heavy (non-hydrogen) atoms. The van der Waals surface area contributed by atoms with Crippen LogP contribution in [-0.4, -0.2) is 64.3 Å². The topological polar surface area (TPSA) is 48.7 Å². The first kappa shape index (κ1) is 21.6. The number of hydrogen-bond donors (Lipinski definition) is 1. The lowest BCUT2D eigenvalue weighted by Gasteiger charge is -2.40. The molecule has 5 nitrogen and oxygen atoms in total. The summed E-state index contributed by atoms with van der Waals surface area (Å²) in [6, 6.07) is 14.5. The summed E-state index contributed by atoms with van der Waals surface area (Å²) in [6.45, 7) is 7.81. The Balaban J connectivity index is 1.33. The summed E-state index contributed by atoms with van der Waals surface area (Å²) in [5, 5.41) is 12.6. The lowest BCUT2D eigenvalue weighted by atomic mass is 9.99. The van der Waals surface area contributed by atoms with E-state index >= 15 is 0 Å². The molecule has 5 heteroatoms. The van der Waals surface area contributed by atoms with Crippen molar-refractivity contribution in [2.45, 2.75) is 57.7 Å². The fourth-order valence-electron chi connectivity index (χ4n) is 5.85. The van der Waals surface area contributed by atoms with E-state index in [1.54, 1.807) is 0 Å². The maximum atomic E-state index is 13.1. The van der Waals surface area contributed by atoms with Crippen LogP contribution in [0, 0.1) is 6.92 Å². The summed E-state index contributed by atoms with van der Waals surface area (Å²) < 4.78 is 2.14. The first-order chi connectivity index (χ1) is 15.6. The van der Waals surface area contributed by atoms with Gasteiger partial charge >= 0.3 is 0 Å². The molecule has 0 radical (unpaired) electrons. The number of likely N-dealkylation sites (tertiary alicyclic amines) is 2. The van der Waals surface area contributed by atoms with Crippen molar-refractivity contribution in [3.63, 3.8) is 0 Å². The summed E-state index contributed by atoms with van der Waals surface area (Å²) in [6.07, 6.45) is 6.01. The van der Waals surface area contributed by atoms with Crippen LogP contribution >= 0.6 is 0 Å². The van der Waals surface area contributed by atoms with Crippen molar-refractivity contribution in [1.29, 1.82) is 0 Å². The number of pyridine rings is 1. The molecule has 1 unspecified atom stereocenters. The zero-order valence-corrected chi connectivity index (χ0v) is 19.2. The molecule has 1 N–H and O–H groups in total. The Labute approximate surface area is 190 Å². The number of nitrogens with zero attached hydrogens (tertiary/aromatic N) is 3. The number of piperidine rings is 2. The number of para-hydroxylation sites is 1. The SMILES string of the molecule is Cc1cccc2c1c(=O)c1ccccc1n2CC(O)CN1CCC(N2CCCCC2)CC1. The van der Waals surface area contributed by atoms with Gasteiger partial charge in [-0.2, -0.15) is 0 Å². The number of aliphatic hydroxyl groups excluding tert-OH is 1. The Hall–Kier alpha value is -2.21. The van der Waals surface area contributed by atoms with E-state index < -0.39 is 6.10 Å². The van der Waals surface area contributed by atoms with Crippen LogP contribution in [0.25, 0.3) is 21.8 Å². The second-order valence-electron chi connectivity index (χ2n) is 9.71.